The van der Waals surface area contributed by atoms with Gasteiger partial charge < -0.3 is 15.2 Å². The van der Waals surface area contributed by atoms with Gasteiger partial charge in [0.25, 0.3) is 0 Å². The lowest BCUT2D eigenvalue weighted by atomic mass is 10.0. The average molecular weight is 576 g/mol. The predicted molar refractivity (Wildman–Crippen MR) is 132 cm³/mol. The van der Waals surface area contributed by atoms with E-state index in [-0.39, 0.29) is 24.0 Å². The molecule has 1 aliphatic heterocycles. The van der Waals surface area contributed by atoms with E-state index in [9.17, 15) is 0 Å². The maximum Gasteiger partial charge on any atom is 0.191 e. The van der Waals surface area contributed by atoms with Gasteiger partial charge in [-0.25, -0.2) is 4.99 Å². The summed E-state index contributed by atoms with van der Waals surface area (Å²) in [6.45, 7) is 8.69. The van der Waals surface area contributed by atoms with Crippen LogP contribution in [0.4, 0.5) is 0 Å². The zero-order valence-corrected chi connectivity index (χ0v) is 21.1. The lowest BCUT2D eigenvalue weighted by Crippen LogP contribution is -2.48. The monoisotopic (exact) mass is 575 g/mol. The standard InChI is InChI=1S/C21H30BrN5O.HI/c1-3-18-13-20(28-26-18)14-24-21(23-4-2)25-19-9-11-27(12-10-19)15-16-5-7-17(22)8-6-16;/h5-8,13,19H,3-4,9-12,14-15H2,1-2H3,(H2,23,24,25);1H. The van der Waals surface area contributed by atoms with Gasteiger partial charge in [-0.2, -0.15) is 0 Å². The number of likely N-dealkylation sites (tertiary alicyclic amines) is 1. The van der Waals surface area contributed by atoms with E-state index >= 15 is 0 Å². The van der Waals surface area contributed by atoms with E-state index in [1.165, 1.54) is 5.56 Å². The molecule has 2 aromatic rings. The van der Waals surface area contributed by atoms with Gasteiger partial charge >= 0.3 is 0 Å². The second-order valence-corrected chi connectivity index (χ2v) is 8.07. The number of nitrogens with zero attached hydrogens (tertiary/aromatic N) is 3. The molecule has 160 valence electrons. The SMILES string of the molecule is CCNC(=NCc1cc(CC)no1)NC1CCN(Cc2ccc(Br)cc2)CC1.I. The molecule has 1 saturated heterocycles. The molecule has 0 radical (unpaired) electrons. The number of guanidine groups is 1. The van der Waals surface area contributed by atoms with E-state index in [2.05, 4.69) is 79.7 Å². The number of benzene rings is 1. The maximum atomic E-state index is 5.33. The molecular weight excluding hydrogens is 545 g/mol. The Bertz CT molecular complexity index is 757. The van der Waals surface area contributed by atoms with Crippen molar-refractivity contribution in [2.75, 3.05) is 19.6 Å². The van der Waals surface area contributed by atoms with Crippen LogP contribution in [-0.2, 0) is 19.5 Å². The van der Waals surface area contributed by atoms with Crippen molar-refractivity contribution in [3.8, 4) is 0 Å². The first-order chi connectivity index (χ1) is 13.7. The summed E-state index contributed by atoms with van der Waals surface area (Å²) in [5, 5.41) is 10.9. The van der Waals surface area contributed by atoms with Crippen LogP contribution in [-0.4, -0.2) is 41.7 Å². The third-order valence-electron chi connectivity index (χ3n) is 4.96. The van der Waals surface area contributed by atoms with Crippen molar-refractivity contribution in [1.29, 1.82) is 0 Å². The molecule has 0 bridgehead atoms. The van der Waals surface area contributed by atoms with Crippen molar-refractivity contribution >= 4 is 45.9 Å². The Morgan fingerprint density at radius 1 is 1.24 bits per heavy atom. The quantitative estimate of drug-likeness (QED) is 0.292. The van der Waals surface area contributed by atoms with E-state index in [1.807, 2.05) is 6.07 Å². The number of piperidine rings is 1. The van der Waals surface area contributed by atoms with Crippen molar-refractivity contribution in [2.45, 2.75) is 52.2 Å². The molecule has 3 rings (SSSR count). The molecule has 29 heavy (non-hydrogen) atoms. The number of hydrogen-bond acceptors (Lipinski definition) is 4. The summed E-state index contributed by atoms with van der Waals surface area (Å²) in [4.78, 5) is 7.18. The topological polar surface area (TPSA) is 65.7 Å². The van der Waals surface area contributed by atoms with E-state index in [4.69, 9.17) is 4.52 Å². The van der Waals surface area contributed by atoms with Crippen molar-refractivity contribution in [3.63, 3.8) is 0 Å². The molecule has 0 saturated carbocycles. The molecule has 1 fully saturated rings. The molecule has 1 aromatic carbocycles. The van der Waals surface area contributed by atoms with Crippen LogP contribution in [0.5, 0.6) is 0 Å². The maximum absolute atomic E-state index is 5.33. The van der Waals surface area contributed by atoms with Gasteiger partial charge in [-0.05, 0) is 43.9 Å². The number of rotatable bonds is 7. The van der Waals surface area contributed by atoms with Crippen LogP contribution in [0.15, 0.2) is 44.3 Å². The minimum atomic E-state index is 0. The molecule has 2 heterocycles. The Morgan fingerprint density at radius 3 is 2.59 bits per heavy atom. The highest BCUT2D eigenvalue weighted by atomic mass is 127. The highest BCUT2D eigenvalue weighted by Crippen LogP contribution is 2.16. The zero-order chi connectivity index (χ0) is 19.8. The van der Waals surface area contributed by atoms with Crippen LogP contribution in [0.3, 0.4) is 0 Å². The summed E-state index contributed by atoms with van der Waals surface area (Å²) in [5.41, 5.74) is 2.34. The summed E-state index contributed by atoms with van der Waals surface area (Å²) in [6.07, 6.45) is 3.11. The Balaban J connectivity index is 0.00000300. The lowest BCUT2D eigenvalue weighted by Gasteiger charge is -2.33. The van der Waals surface area contributed by atoms with Crippen LogP contribution in [0.1, 0.15) is 43.7 Å². The highest BCUT2D eigenvalue weighted by Gasteiger charge is 2.20. The summed E-state index contributed by atoms with van der Waals surface area (Å²) in [6, 6.07) is 11.0. The van der Waals surface area contributed by atoms with Crippen molar-refractivity contribution in [3.05, 3.63) is 51.8 Å². The minimum absolute atomic E-state index is 0. The zero-order valence-electron chi connectivity index (χ0n) is 17.2. The first-order valence-corrected chi connectivity index (χ1v) is 10.9. The first kappa shape index (κ1) is 24.1. The molecule has 6 nitrogen and oxygen atoms in total. The fourth-order valence-corrected chi connectivity index (χ4v) is 3.62. The van der Waals surface area contributed by atoms with Gasteiger partial charge in [0.15, 0.2) is 11.7 Å². The second-order valence-electron chi connectivity index (χ2n) is 7.15. The predicted octanol–water partition coefficient (Wildman–Crippen LogP) is 4.34. The molecule has 2 N–H and O–H groups in total. The summed E-state index contributed by atoms with van der Waals surface area (Å²) in [7, 11) is 0. The summed E-state index contributed by atoms with van der Waals surface area (Å²) < 4.78 is 6.46. The van der Waals surface area contributed by atoms with Gasteiger partial charge in [0.05, 0.1) is 5.69 Å². The fraction of sp³-hybridized carbons (Fsp3) is 0.524. The smallest absolute Gasteiger partial charge is 0.191 e. The molecule has 1 aliphatic rings. The first-order valence-electron chi connectivity index (χ1n) is 10.1. The van der Waals surface area contributed by atoms with Crippen LogP contribution in [0.25, 0.3) is 0 Å². The summed E-state index contributed by atoms with van der Waals surface area (Å²) >= 11 is 3.50. The molecule has 0 aliphatic carbocycles. The fourth-order valence-electron chi connectivity index (χ4n) is 3.35. The molecule has 1 aromatic heterocycles. The summed E-state index contributed by atoms with van der Waals surface area (Å²) in [5.74, 6) is 1.65. The largest absolute Gasteiger partial charge is 0.359 e. The van der Waals surface area contributed by atoms with Gasteiger partial charge in [0.1, 0.15) is 6.54 Å². The van der Waals surface area contributed by atoms with Gasteiger partial charge in [-0.1, -0.05) is 40.1 Å². The molecule has 0 spiro atoms. The molecule has 0 amide bonds. The third kappa shape index (κ3) is 7.90. The van der Waals surface area contributed by atoms with Crippen molar-refractivity contribution in [1.82, 2.24) is 20.7 Å². The number of halogens is 2. The highest BCUT2D eigenvalue weighted by molar-refractivity contribution is 14.0. The molecular formula is C21H31BrIN5O. The number of aliphatic imine (C=N–C) groups is 1. The number of nitrogens with one attached hydrogen (secondary N) is 2. The molecule has 0 atom stereocenters. The average Bonchev–Trinajstić information content (AvgIpc) is 3.18. The third-order valence-corrected chi connectivity index (χ3v) is 5.48. The number of hydrogen-bond donors (Lipinski definition) is 2. The second kappa shape index (κ2) is 12.5. The van der Waals surface area contributed by atoms with E-state index in [1.54, 1.807) is 0 Å². The van der Waals surface area contributed by atoms with Crippen LogP contribution in [0.2, 0.25) is 0 Å². The normalized spacial score (nSPS) is 15.8. The van der Waals surface area contributed by atoms with Gasteiger partial charge in [-0.15, -0.1) is 24.0 Å². The molecule has 8 heteroatoms. The van der Waals surface area contributed by atoms with Crippen LogP contribution < -0.4 is 10.6 Å². The van der Waals surface area contributed by atoms with Crippen molar-refractivity contribution in [2.24, 2.45) is 4.99 Å². The minimum Gasteiger partial charge on any atom is -0.359 e. The van der Waals surface area contributed by atoms with Gasteiger partial charge in [-0.3, -0.25) is 4.90 Å². The number of aryl methyl sites for hydroxylation is 1. The Morgan fingerprint density at radius 2 is 1.97 bits per heavy atom. The Hall–Kier alpha value is -1.13. The molecule has 0 unspecified atom stereocenters. The Kier molecular flexibility index (Phi) is 10.4. The van der Waals surface area contributed by atoms with E-state index < -0.39 is 0 Å². The Labute approximate surface area is 199 Å². The van der Waals surface area contributed by atoms with Crippen molar-refractivity contribution < 1.29 is 4.52 Å². The number of aromatic nitrogens is 1. The van der Waals surface area contributed by atoms with E-state index in [0.717, 1.165) is 67.3 Å². The van der Waals surface area contributed by atoms with Crippen LogP contribution >= 0.6 is 39.9 Å². The van der Waals surface area contributed by atoms with E-state index in [0.29, 0.717) is 12.6 Å². The van der Waals surface area contributed by atoms with Gasteiger partial charge in [0.2, 0.25) is 0 Å². The van der Waals surface area contributed by atoms with Gasteiger partial charge in [0, 0.05) is 42.8 Å². The van der Waals surface area contributed by atoms with Crippen LogP contribution in [0, 0.1) is 0 Å². The lowest BCUT2D eigenvalue weighted by molar-refractivity contribution is 0.198.